The lowest BCUT2D eigenvalue weighted by molar-refractivity contribution is -0.142. The Morgan fingerprint density at radius 1 is 1.14 bits per heavy atom. The predicted octanol–water partition coefficient (Wildman–Crippen LogP) is -0.721. The molecule has 0 bridgehead atoms. The van der Waals surface area contributed by atoms with Crippen LogP contribution in [-0.4, -0.2) is 51.1 Å². The molecule has 2 amide bonds. The minimum absolute atomic E-state index is 0.420. The van der Waals surface area contributed by atoms with Crippen molar-refractivity contribution in [2.45, 2.75) is 12.2 Å². The van der Waals surface area contributed by atoms with E-state index in [2.05, 4.69) is 15.7 Å². The Balaban J connectivity index is 2.01. The van der Waals surface area contributed by atoms with Gasteiger partial charge in [0.15, 0.2) is 12.2 Å². The molecular formula is C14H16N4O4. The van der Waals surface area contributed by atoms with Crippen molar-refractivity contribution in [3.05, 3.63) is 42.7 Å². The van der Waals surface area contributed by atoms with Crippen LogP contribution in [0.25, 0.3) is 5.69 Å². The molecule has 0 aliphatic heterocycles. The molecule has 0 radical (unpaired) electrons. The number of nitrogens with one attached hydrogen (secondary N) is 2. The monoisotopic (exact) mass is 304 g/mol. The van der Waals surface area contributed by atoms with Crippen LogP contribution in [0.15, 0.2) is 42.7 Å². The second kappa shape index (κ2) is 6.83. The Morgan fingerprint density at radius 3 is 2.32 bits per heavy atom. The van der Waals surface area contributed by atoms with Crippen molar-refractivity contribution in [3.63, 3.8) is 0 Å². The van der Waals surface area contributed by atoms with E-state index in [1.807, 2.05) is 0 Å². The highest BCUT2D eigenvalue weighted by Gasteiger charge is 2.29. The number of rotatable bonds is 5. The van der Waals surface area contributed by atoms with Gasteiger partial charge in [-0.3, -0.25) is 9.59 Å². The van der Waals surface area contributed by atoms with Crippen molar-refractivity contribution in [3.8, 4) is 5.69 Å². The van der Waals surface area contributed by atoms with Crippen molar-refractivity contribution in [1.82, 2.24) is 15.1 Å². The van der Waals surface area contributed by atoms with Gasteiger partial charge in [-0.15, -0.1) is 0 Å². The molecule has 2 atom stereocenters. The third kappa shape index (κ3) is 3.48. The molecule has 1 aromatic heterocycles. The Bertz CT molecular complexity index is 639. The summed E-state index contributed by atoms with van der Waals surface area (Å²) in [7, 11) is 1.30. The molecule has 4 N–H and O–H groups in total. The lowest BCUT2D eigenvalue weighted by Gasteiger charge is -2.16. The summed E-state index contributed by atoms with van der Waals surface area (Å²) in [5.74, 6) is -1.71. The largest absolute Gasteiger partial charge is 0.380 e. The molecule has 0 aliphatic carbocycles. The van der Waals surface area contributed by atoms with Gasteiger partial charge in [-0.25, -0.2) is 4.68 Å². The van der Waals surface area contributed by atoms with E-state index in [0.29, 0.717) is 5.69 Å². The molecule has 0 fully saturated rings. The van der Waals surface area contributed by atoms with E-state index < -0.39 is 24.0 Å². The first kappa shape index (κ1) is 15.7. The first-order valence-corrected chi connectivity index (χ1v) is 6.51. The number of amides is 2. The van der Waals surface area contributed by atoms with Crippen LogP contribution in [0, 0.1) is 0 Å². The number of hydrogen-bond acceptors (Lipinski definition) is 5. The summed E-state index contributed by atoms with van der Waals surface area (Å²) >= 11 is 0. The highest BCUT2D eigenvalue weighted by Crippen LogP contribution is 2.13. The summed E-state index contributed by atoms with van der Waals surface area (Å²) in [6.07, 6.45) is -0.261. The molecule has 0 unspecified atom stereocenters. The van der Waals surface area contributed by atoms with E-state index in [1.165, 1.54) is 7.05 Å². The van der Waals surface area contributed by atoms with E-state index in [1.54, 1.807) is 47.4 Å². The van der Waals surface area contributed by atoms with Gasteiger partial charge in [0.1, 0.15) is 0 Å². The number of anilines is 1. The quantitative estimate of drug-likeness (QED) is 0.581. The van der Waals surface area contributed by atoms with E-state index in [4.69, 9.17) is 0 Å². The van der Waals surface area contributed by atoms with E-state index in [0.717, 1.165) is 5.69 Å². The molecular weight excluding hydrogens is 288 g/mol. The molecule has 22 heavy (non-hydrogen) atoms. The molecule has 0 spiro atoms. The number of carbonyl (C=O) groups is 2. The number of likely N-dealkylation sites (N-methyl/N-ethyl adjacent to an activating group) is 1. The van der Waals surface area contributed by atoms with Crippen LogP contribution >= 0.6 is 0 Å². The van der Waals surface area contributed by atoms with Gasteiger partial charge in [-0.2, -0.15) is 5.10 Å². The fraction of sp³-hybridized carbons (Fsp3) is 0.214. The minimum atomic E-state index is -1.86. The number of aromatic nitrogens is 2. The summed E-state index contributed by atoms with van der Waals surface area (Å²) in [5, 5.41) is 27.7. The zero-order valence-electron chi connectivity index (χ0n) is 11.8. The van der Waals surface area contributed by atoms with Crippen LogP contribution in [0.3, 0.4) is 0 Å². The van der Waals surface area contributed by atoms with Crippen molar-refractivity contribution in [1.29, 1.82) is 0 Å². The van der Waals surface area contributed by atoms with Gasteiger partial charge in [0.25, 0.3) is 11.8 Å². The molecule has 8 heteroatoms. The summed E-state index contributed by atoms with van der Waals surface area (Å²) in [6.45, 7) is 0. The fourth-order valence-corrected chi connectivity index (χ4v) is 1.77. The van der Waals surface area contributed by atoms with Crippen LogP contribution in [0.4, 0.5) is 5.69 Å². The number of aliphatic hydroxyl groups excluding tert-OH is 2. The Kier molecular flexibility index (Phi) is 4.87. The molecule has 2 aromatic rings. The first-order valence-electron chi connectivity index (χ1n) is 6.51. The van der Waals surface area contributed by atoms with Gasteiger partial charge in [-0.05, 0) is 30.3 Å². The van der Waals surface area contributed by atoms with Crippen LogP contribution < -0.4 is 10.6 Å². The zero-order chi connectivity index (χ0) is 16.1. The fourth-order valence-electron chi connectivity index (χ4n) is 1.77. The Hall–Kier alpha value is -2.71. The maximum absolute atomic E-state index is 11.8. The average molecular weight is 304 g/mol. The molecule has 1 heterocycles. The van der Waals surface area contributed by atoms with E-state index in [-0.39, 0.29) is 0 Å². The molecule has 1 aromatic carbocycles. The SMILES string of the molecule is CNC(=O)[C@H](O)[C@@H](O)C(=O)Nc1ccc(-n2cccn2)cc1. The molecule has 0 saturated heterocycles. The molecule has 8 nitrogen and oxygen atoms in total. The lowest BCUT2D eigenvalue weighted by Crippen LogP contribution is -2.46. The third-order valence-corrected chi connectivity index (χ3v) is 2.99. The highest BCUT2D eigenvalue weighted by molar-refractivity contribution is 5.98. The predicted molar refractivity (Wildman–Crippen MR) is 78.3 cm³/mol. The average Bonchev–Trinajstić information content (AvgIpc) is 3.07. The van der Waals surface area contributed by atoms with E-state index in [9.17, 15) is 19.8 Å². The number of carbonyl (C=O) groups excluding carboxylic acids is 2. The van der Waals surface area contributed by atoms with Crippen molar-refractivity contribution >= 4 is 17.5 Å². The van der Waals surface area contributed by atoms with Gasteiger partial charge in [0.05, 0.1) is 5.69 Å². The molecule has 2 rings (SSSR count). The highest BCUT2D eigenvalue weighted by atomic mass is 16.3. The maximum atomic E-state index is 11.8. The molecule has 116 valence electrons. The molecule has 0 aliphatic rings. The number of hydrogen-bond donors (Lipinski definition) is 4. The summed E-state index contributed by atoms with van der Waals surface area (Å²) in [5.41, 5.74) is 1.22. The Morgan fingerprint density at radius 2 is 1.77 bits per heavy atom. The van der Waals surface area contributed by atoms with E-state index >= 15 is 0 Å². The van der Waals surface area contributed by atoms with Crippen molar-refractivity contribution in [2.24, 2.45) is 0 Å². The lowest BCUT2D eigenvalue weighted by atomic mass is 10.1. The van der Waals surface area contributed by atoms with Crippen LogP contribution in [-0.2, 0) is 9.59 Å². The zero-order valence-corrected chi connectivity index (χ0v) is 11.8. The normalized spacial score (nSPS) is 13.2. The van der Waals surface area contributed by atoms with Crippen LogP contribution in [0.5, 0.6) is 0 Å². The Labute approximate surface area is 126 Å². The standard InChI is InChI=1S/C14H16N4O4/c1-15-13(21)11(19)12(20)14(22)17-9-3-5-10(6-4-9)18-8-2-7-16-18/h2-8,11-12,19-20H,1H3,(H,15,21)(H,17,22)/t11-,12-/m1/s1. The minimum Gasteiger partial charge on any atom is -0.380 e. The second-order valence-electron chi connectivity index (χ2n) is 4.49. The summed E-state index contributed by atoms with van der Waals surface area (Å²) in [6, 6.07) is 8.47. The van der Waals surface area contributed by atoms with Gasteiger partial charge in [0, 0.05) is 25.1 Å². The van der Waals surface area contributed by atoms with Crippen LogP contribution in [0.1, 0.15) is 0 Å². The van der Waals surface area contributed by atoms with Crippen LogP contribution in [0.2, 0.25) is 0 Å². The molecule has 0 saturated carbocycles. The summed E-state index contributed by atoms with van der Waals surface area (Å²) < 4.78 is 1.65. The van der Waals surface area contributed by atoms with Gasteiger partial charge in [-0.1, -0.05) is 0 Å². The smallest absolute Gasteiger partial charge is 0.256 e. The third-order valence-electron chi connectivity index (χ3n) is 2.99. The van der Waals surface area contributed by atoms with Crippen molar-refractivity contribution < 1.29 is 19.8 Å². The maximum Gasteiger partial charge on any atom is 0.256 e. The number of aliphatic hydroxyl groups is 2. The van der Waals surface area contributed by atoms with Gasteiger partial charge >= 0.3 is 0 Å². The first-order chi connectivity index (χ1) is 10.5. The van der Waals surface area contributed by atoms with Gasteiger partial charge < -0.3 is 20.8 Å². The summed E-state index contributed by atoms with van der Waals surface area (Å²) in [4.78, 5) is 22.9. The van der Waals surface area contributed by atoms with Crippen molar-refractivity contribution in [2.75, 3.05) is 12.4 Å². The van der Waals surface area contributed by atoms with Gasteiger partial charge in [0.2, 0.25) is 0 Å². The second-order valence-corrected chi connectivity index (χ2v) is 4.49. The number of benzene rings is 1. The number of nitrogens with zero attached hydrogens (tertiary/aromatic N) is 2. The topological polar surface area (TPSA) is 116 Å².